The Morgan fingerprint density at radius 1 is 1.21 bits per heavy atom. The van der Waals surface area contributed by atoms with Gasteiger partial charge in [-0.15, -0.1) is 0 Å². The molecule has 0 aliphatic heterocycles. The molecule has 0 radical (unpaired) electrons. The molecule has 1 fully saturated rings. The average Bonchev–Trinajstić information content (AvgIpc) is 2.09. The van der Waals surface area contributed by atoms with E-state index in [1.807, 2.05) is 0 Å². The van der Waals surface area contributed by atoms with E-state index in [1.165, 1.54) is 32.1 Å². The first-order valence-corrected chi connectivity index (χ1v) is 5.96. The molecule has 0 aromatic heterocycles. The fourth-order valence-electron chi connectivity index (χ4n) is 2.51. The van der Waals surface area contributed by atoms with Crippen LogP contribution in [-0.4, -0.2) is 11.7 Å². The molecule has 0 bridgehead atoms. The molecule has 1 rings (SSSR count). The Kier molecular flexibility index (Phi) is 3.63. The van der Waals surface area contributed by atoms with Gasteiger partial charge in [0, 0.05) is 6.61 Å². The molecule has 0 saturated heterocycles. The molecule has 1 aliphatic carbocycles. The van der Waals surface area contributed by atoms with E-state index >= 15 is 0 Å². The predicted octanol–water partition coefficient (Wildman–Crippen LogP) is 3.61. The Labute approximate surface area is 88.9 Å². The van der Waals surface area contributed by atoms with Gasteiger partial charge in [-0.1, -0.05) is 27.7 Å². The molecular weight excluding hydrogens is 172 g/mol. The third-order valence-electron chi connectivity index (χ3n) is 3.73. The molecule has 0 amide bonds. The Morgan fingerprint density at radius 2 is 1.71 bits per heavy atom. The summed E-state index contributed by atoms with van der Waals surface area (Å²) in [6.45, 7) is 9.42. The molecule has 0 heterocycles. The number of aliphatic hydroxyl groups is 1. The van der Waals surface area contributed by atoms with Gasteiger partial charge in [-0.05, 0) is 48.9 Å². The van der Waals surface area contributed by atoms with E-state index in [2.05, 4.69) is 27.7 Å². The van der Waals surface area contributed by atoms with E-state index in [0.29, 0.717) is 12.0 Å². The molecule has 1 heteroatoms. The zero-order chi connectivity index (χ0) is 10.8. The summed E-state index contributed by atoms with van der Waals surface area (Å²) in [4.78, 5) is 0. The van der Waals surface area contributed by atoms with Gasteiger partial charge in [-0.25, -0.2) is 0 Å². The molecule has 1 N–H and O–H groups in total. The first-order valence-electron chi connectivity index (χ1n) is 5.96. The fraction of sp³-hybridized carbons (Fsp3) is 1.00. The van der Waals surface area contributed by atoms with Gasteiger partial charge >= 0.3 is 0 Å². The quantitative estimate of drug-likeness (QED) is 0.734. The second kappa shape index (κ2) is 4.22. The van der Waals surface area contributed by atoms with Gasteiger partial charge in [0.05, 0.1) is 0 Å². The lowest BCUT2D eigenvalue weighted by Crippen LogP contribution is -2.27. The maximum atomic E-state index is 9.23. The highest BCUT2D eigenvalue weighted by atomic mass is 16.3. The second-order valence-corrected chi connectivity index (χ2v) is 6.63. The molecule has 0 spiro atoms. The van der Waals surface area contributed by atoms with Crippen LogP contribution in [0.15, 0.2) is 0 Å². The van der Waals surface area contributed by atoms with Gasteiger partial charge < -0.3 is 5.11 Å². The van der Waals surface area contributed by atoms with Crippen LogP contribution >= 0.6 is 0 Å². The second-order valence-electron chi connectivity index (χ2n) is 6.63. The molecule has 1 aliphatic rings. The summed E-state index contributed by atoms with van der Waals surface area (Å²) in [6.07, 6.45) is 6.63. The molecule has 1 nitrogen and oxygen atoms in total. The fourth-order valence-corrected chi connectivity index (χ4v) is 2.51. The Hall–Kier alpha value is -0.0400. The first kappa shape index (κ1) is 12.0. The van der Waals surface area contributed by atoms with Crippen LogP contribution in [0.3, 0.4) is 0 Å². The third-order valence-corrected chi connectivity index (χ3v) is 3.73. The minimum atomic E-state index is 0.131. The van der Waals surface area contributed by atoms with Gasteiger partial charge in [0.2, 0.25) is 0 Å². The topological polar surface area (TPSA) is 20.2 Å². The lowest BCUT2D eigenvalue weighted by molar-refractivity contribution is 0.0986. The molecule has 84 valence electrons. The summed E-state index contributed by atoms with van der Waals surface area (Å²) < 4.78 is 0. The van der Waals surface area contributed by atoms with Gasteiger partial charge in [-0.3, -0.25) is 0 Å². The third kappa shape index (κ3) is 3.61. The summed E-state index contributed by atoms with van der Waals surface area (Å²) in [5.74, 6) is 0.852. The van der Waals surface area contributed by atoms with Crippen LogP contribution in [0.5, 0.6) is 0 Å². The zero-order valence-corrected chi connectivity index (χ0v) is 10.3. The van der Waals surface area contributed by atoms with Crippen LogP contribution in [0.4, 0.5) is 0 Å². The molecule has 1 saturated carbocycles. The highest BCUT2D eigenvalue weighted by Crippen LogP contribution is 2.41. The van der Waals surface area contributed by atoms with Crippen molar-refractivity contribution < 1.29 is 5.11 Å². The zero-order valence-electron chi connectivity index (χ0n) is 10.3. The molecule has 14 heavy (non-hydrogen) atoms. The highest BCUT2D eigenvalue weighted by molar-refractivity contribution is 4.81. The van der Waals surface area contributed by atoms with Crippen LogP contribution < -0.4 is 0 Å². The van der Waals surface area contributed by atoms with Crippen molar-refractivity contribution in [2.45, 2.75) is 59.8 Å². The van der Waals surface area contributed by atoms with Crippen LogP contribution in [0.1, 0.15) is 59.8 Å². The summed E-state index contributed by atoms with van der Waals surface area (Å²) in [5, 5.41) is 9.23. The standard InChI is InChI=1S/C13H26O/c1-12(2)7-5-11(6-8-12)9-13(3,4)10-14/h11,14H,5-10H2,1-4H3. The SMILES string of the molecule is CC1(C)CCC(CC(C)(C)CO)CC1. The van der Waals surface area contributed by atoms with E-state index < -0.39 is 0 Å². The first-order chi connectivity index (χ1) is 6.35. The number of aliphatic hydroxyl groups excluding tert-OH is 1. The van der Waals surface area contributed by atoms with Crippen LogP contribution in [0, 0.1) is 16.7 Å². The summed E-state index contributed by atoms with van der Waals surface area (Å²) >= 11 is 0. The minimum absolute atomic E-state index is 0.131. The van der Waals surface area contributed by atoms with Gasteiger partial charge in [0.25, 0.3) is 0 Å². The summed E-state index contributed by atoms with van der Waals surface area (Å²) in [5.41, 5.74) is 0.700. The lowest BCUT2D eigenvalue weighted by Gasteiger charge is -2.37. The van der Waals surface area contributed by atoms with E-state index in [0.717, 1.165) is 5.92 Å². The van der Waals surface area contributed by atoms with Gasteiger partial charge in [0.1, 0.15) is 0 Å². The van der Waals surface area contributed by atoms with Crippen LogP contribution in [0.25, 0.3) is 0 Å². The Balaban J connectivity index is 2.36. The maximum absolute atomic E-state index is 9.23. The van der Waals surface area contributed by atoms with Crippen molar-refractivity contribution >= 4 is 0 Å². The van der Waals surface area contributed by atoms with Crippen molar-refractivity contribution in [1.82, 2.24) is 0 Å². The van der Waals surface area contributed by atoms with Crippen molar-refractivity contribution in [1.29, 1.82) is 0 Å². The van der Waals surface area contributed by atoms with Crippen LogP contribution in [0.2, 0.25) is 0 Å². The number of hydrogen-bond acceptors (Lipinski definition) is 1. The number of hydrogen-bond donors (Lipinski definition) is 1. The van der Waals surface area contributed by atoms with Crippen molar-refractivity contribution in [2.75, 3.05) is 6.61 Å². The molecule has 0 unspecified atom stereocenters. The monoisotopic (exact) mass is 198 g/mol. The molecular formula is C13H26O. The molecule has 0 atom stereocenters. The normalized spacial score (nSPS) is 23.8. The van der Waals surface area contributed by atoms with Crippen molar-refractivity contribution in [3.8, 4) is 0 Å². The highest BCUT2D eigenvalue weighted by Gasteiger charge is 2.30. The van der Waals surface area contributed by atoms with Crippen molar-refractivity contribution in [3.63, 3.8) is 0 Å². The van der Waals surface area contributed by atoms with E-state index in [4.69, 9.17) is 0 Å². The smallest absolute Gasteiger partial charge is 0.0482 e. The molecule has 0 aromatic carbocycles. The summed E-state index contributed by atoms with van der Waals surface area (Å²) in [6, 6.07) is 0. The largest absolute Gasteiger partial charge is 0.396 e. The van der Waals surface area contributed by atoms with E-state index in [9.17, 15) is 5.11 Å². The maximum Gasteiger partial charge on any atom is 0.0482 e. The van der Waals surface area contributed by atoms with E-state index in [1.54, 1.807) is 0 Å². The minimum Gasteiger partial charge on any atom is -0.396 e. The average molecular weight is 198 g/mol. The van der Waals surface area contributed by atoms with Gasteiger partial charge in [-0.2, -0.15) is 0 Å². The molecule has 0 aromatic rings. The predicted molar refractivity (Wildman–Crippen MR) is 61.2 cm³/mol. The van der Waals surface area contributed by atoms with E-state index in [-0.39, 0.29) is 5.41 Å². The van der Waals surface area contributed by atoms with Crippen LogP contribution in [-0.2, 0) is 0 Å². The Bertz CT molecular complexity index is 172. The van der Waals surface area contributed by atoms with Crippen molar-refractivity contribution in [3.05, 3.63) is 0 Å². The number of rotatable bonds is 3. The van der Waals surface area contributed by atoms with Gasteiger partial charge in [0.15, 0.2) is 0 Å². The Morgan fingerprint density at radius 3 is 2.14 bits per heavy atom. The summed E-state index contributed by atoms with van der Waals surface area (Å²) in [7, 11) is 0. The van der Waals surface area contributed by atoms with Crippen molar-refractivity contribution in [2.24, 2.45) is 16.7 Å². The lowest BCUT2D eigenvalue weighted by atomic mass is 9.69.